The Morgan fingerprint density at radius 2 is 1.46 bits per heavy atom. The Bertz CT molecular complexity index is 700. The summed E-state index contributed by atoms with van der Waals surface area (Å²) in [5.41, 5.74) is 0.366. The van der Waals surface area contributed by atoms with E-state index in [4.69, 9.17) is 9.47 Å². The summed E-state index contributed by atoms with van der Waals surface area (Å²) in [7, 11) is 0. The summed E-state index contributed by atoms with van der Waals surface area (Å²) in [5, 5.41) is 2.57. The zero-order valence-electron chi connectivity index (χ0n) is 14.0. The number of carbonyl (C=O) groups is 1. The molecule has 26 heavy (non-hydrogen) atoms. The topological polar surface area (TPSA) is 56.8 Å². The van der Waals surface area contributed by atoms with Gasteiger partial charge in [0.25, 0.3) is 0 Å². The maximum absolute atomic E-state index is 12.1. The van der Waals surface area contributed by atoms with Gasteiger partial charge in [0.1, 0.15) is 17.2 Å². The van der Waals surface area contributed by atoms with Gasteiger partial charge in [-0.2, -0.15) is 0 Å². The third-order valence-electron chi connectivity index (χ3n) is 3.10. The number of benzene rings is 2. The number of amides is 1. The number of carbonyl (C=O) groups excluding carboxylic acids is 1. The third-order valence-corrected chi connectivity index (χ3v) is 3.10. The summed E-state index contributed by atoms with van der Waals surface area (Å²) >= 11 is 0. The Morgan fingerprint density at radius 1 is 0.923 bits per heavy atom. The van der Waals surface area contributed by atoms with Crippen LogP contribution in [0.4, 0.5) is 18.9 Å². The fourth-order valence-corrected chi connectivity index (χ4v) is 2.02. The summed E-state index contributed by atoms with van der Waals surface area (Å²) < 4.78 is 50.8. The van der Waals surface area contributed by atoms with Crippen molar-refractivity contribution in [1.29, 1.82) is 0 Å². The van der Waals surface area contributed by atoms with Crippen LogP contribution in [0, 0.1) is 0 Å². The fourth-order valence-electron chi connectivity index (χ4n) is 2.02. The minimum Gasteiger partial charge on any atom is -0.494 e. The predicted molar refractivity (Wildman–Crippen MR) is 89.5 cm³/mol. The van der Waals surface area contributed by atoms with Crippen molar-refractivity contribution in [2.45, 2.75) is 19.7 Å². The van der Waals surface area contributed by atoms with Crippen LogP contribution >= 0.6 is 0 Å². The lowest BCUT2D eigenvalue weighted by Crippen LogP contribution is -2.17. The number of hydrogen-bond acceptors (Lipinski definition) is 4. The van der Waals surface area contributed by atoms with Gasteiger partial charge in [-0.15, -0.1) is 13.2 Å². The average molecular weight is 369 g/mol. The van der Waals surface area contributed by atoms with Gasteiger partial charge in [0.2, 0.25) is 5.91 Å². The molecule has 0 fully saturated rings. The number of nitrogens with one attached hydrogen (secondary N) is 1. The molecule has 5 nitrogen and oxygen atoms in total. The molecule has 140 valence electrons. The van der Waals surface area contributed by atoms with Gasteiger partial charge < -0.3 is 19.5 Å². The Labute approximate surface area is 148 Å². The van der Waals surface area contributed by atoms with E-state index in [1.54, 1.807) is 24.3 Å². The normalized spacial score (nSPS) is 10.9. The molecule has 0 saturated heterocycles. The van der Waals surface area contributed by atoms with Crippen LogP contribution in [0.25, 0.3) is 0 Å². The lowest BCUT2D eigenvalue weighted by molar-refractivity contribution is -0.274. The molecule has 0 aliphatic heterocycles. The van der Waals surface area contributed by atoms with E-state index in [1.165, 1.54) is 12.1 Å². The molecule has 0 unspecified atom stereocenters. The van der Waals surface area contributed by atoms with Crippen LogP contribution in [0.1, 0.15) is 13.3 Å². The van der Waals surface area contributed by atoms with E-state index in [2.05, 4.69) is 10.1 Å². The van der Waals surface area contributed by atoms with E-state index in [9.17, 15) is 18.0 Å². The molecule has 0 atom stereocenters. The quantitative estimate of drug-likeness (QED) is 0.750. The van der Waals surface area contributed by atoms with E-state index >= 15 is 0 Å². The molecule has 0 aliphatic rings. The molecule has 2 rings (SSSR count). The van der Waals surface area contributed by atoms with Crippen molar-refractivity contribution in [3.8, 4) is 17.2 Å². The SMILES string of the molecule is CCOc1ccc(OCCC(=O)Nc2ccc(OC(F)(F)F)cc2)cc1. The Hall–Kier alpha value is -2.90. The lowest BCUT2D eigenvalue weighted by Gasteiger charge is -2.10. The number of alkyl halides is 3. The molecule has 0 spiro atoms. The first-order valence-corrected chi connectivity index (χ1v) is 7.87. The van der Waals surface area contributed by atoms with Gasteiger partial charge in [-0.3, -0.25) is 4.79 Å². The van der Waals surface area contributed by atoms with Crippen molar-refractivity contribution in [2.75, 3.05) is 18.5 Å². The zero-order valence-corrected chi connectivity index (χ0v) is 14.0. The second kappa shape index (κ2) is 8.98. The average Bonchev–Trinajstić information content (AvgIpc) is 2.57. The molecule has 1 amide bonds. The van der Waals surface area contributed by atoms with Crippen LogP contribution in [0.5, 0.6) is 17.2 Å². The molecule has 2 aromatic rings. The molecule has 2 aromatic carbocycles. The highest BCUT2D eigenvalue weighted by molar-refractivity contribution is 5.90. The summed E-state index contributed by atoms with van der Waals surface area (Å²) in [5.74, 6) is 0.667. The molecule has 0 aliphatic carbocycles. The Kier molecular flexibility index (Phi) is 6.71. The van der Waals surface area contributed by atoms with Gasteiger partial charge in [0.15, 0.2) is 0 Å². The number of ether oxygens (including phenoxy) is 3. The highest BCUT2D eigenvalue weighted by Gasteiger charge is 2.30. The van der Waals surface area contributed by atoms with Crippen molar-refractivity contribution in [3.63, 3.8) is 0 Å². The molecule has 8 heteroatoms. The van der Waals surface area contributed by atoms with Crippen molar-refractivity contribution in [2.24, 2.45) is 0 Å². The molecule has 1 N–H and O–H groups in total. The Morgan fingerprint density at radius 3 is 2.00 bits per heavy atom. The van der Waals surface area contributed by atoms with E-state index in [0.29, 0.717) is 18.0 Å². The first-order valence-electron chi connectivity index (χ1n) is 7.87. The van der Waals surface area contributed by atoms with Gasteiger partial charge in [0, 0.05) is 5.69 Å². The van der Waals surface area contributed by atoms with Crippen molar-refractivity contribution >= 4 is 11.6 Å². The second-order valence-electron chi connectivity index (χ2n) is 5.12. The van der Waals surface area contributed by atoms with Gasteiger partial charge in [-0.05, 0) is 55.5 Å². The van der Waals surface area contributed by atoms with Crippen LogP contribution in [-0.2, 0) is 4.79 Å². The Balaban J connectivity index is 1.74. The monoisotopic (exact) mass is 369 g/mol. The van der Waals surface area contributed by atoms with Crippen LogP contribution in [0.3, 0.4) is 0 Å². The number of halogens is 3. The predicted octanol–water partition coefficient (Wildman–Crippen LogP) is 4.39. The first-order chi connectivity index (χ1) is 12.4. The number of rotatable bonds is 8. The molecule has 0 bridgehead atoms. The summed E-state index contributed by atoms with van der Waals surface area (Å²) in [6.07, 6.45) is -4.66. The molecule has 0 heterocycles. The zero-order chi connectivity index (χ0) is 19.0. The van der Waals surface area contributed by atoms with Gasteiger partial charge in [-0.1, -0.05) is 0 Å². The highest BCUT2D eigenvalue weighted by Crippen LogP contribution is 2.24. The smallest absolute Gasteiger partial charge is 0.494 e. The molecule has 0 aromatic heterocycles. The minimum atomic E-state index is -4.75. The maximum atomic E-state index is 12.1. The van der Waals surface area contributed by atoms with Crippen molar-refractivity contribution in [1.82, 2.24) is 0 Å². The molecule has 0 radical (unpaired) electrons. The van der Waals surface area contributed by atoms with Crippen LogP contribution in [0.2, 0.25) is 0 Å². The van der Waals surface area contributed by atoms with Crippen molar-refractivity contribution < 1.29 is 32.2 Å². The van der Waals surface area contributed by atoms with E-state index in [1.807, 2.05) is 6.92 Å². The number of anilines is 1. The largest absolute Gasteiger partial charge is 0.573 e. The maximum Gasteiger partial charge on any atom is 0.573 e. The summed E-state index contributed by atoms with van der Waals surface area (Å²) in [4.78, 5) is 11.8. The van der Waals surface area contributed by atoms with Crippen LogP contribution in [-0.4, -0.2) is 25.5 Å². The van der Waals surface area contributed by atoms with Crippen LogP contribution in [0.15, 0.2) is 48.5 Å². The fraction of sp³-hybridized carbons (Fsp3) is 0.278. The van der Waals surface area contributed by atoms with Crippen LogP contribution < -0.4 is 19.5 Å². The van der Waals surface area contributed by atoms with Gasteiger partial charge in [0.05, 0.1) is 19.6 Å². The van der Waals surface area contributed by atoms with Gasteiger partial charge in [-0.25, -0.2) is 0 Å². The number of hydrogen-bond donors (Lipinski definition) is 1. The molecular formula is C18H18F3NO4. The lowest BCUT2D eigenvalue weighted by atomic mass is 10.3. The van der Waals surface area contributed by atoms with E-state index in [0.717, 1.165) is 17.9 Å². The van der Waals surface area contributed by atoms with Crippen molar-refractivity contribution in [3.05, 3.63) is 48.5 Å². The summed E-state index contributed by atoms with van der Waals surface area (Å²) in [6, 6.07) is 11.9. The first kappa shape index (κ1) is 19.4. The molecular weight excluding hydrogens is 351 g/mol. The van der Waals surface area contributed by atoms with E-state index in [-0.39, 0.29) is 24.7 Å². The van der Waals surface area contributed by atoms with Gasteiger partial charge >= 0.3 is 6.36 Å². The minimum absolute atomic E-state index is 0.0913. The van der Waals surface area contributed by atoms with E-state index < -0.39 is 6.36 Å². The molecule has 0 saturated carbocycles. The standard InChI is InChI=1S/C18H18F3NO4/c1-2-24-14-7-9-15(10-8-14)25-12-11-17(23)22-13-3-5-16(6-4-13)26-18(19,20)21/h3-10H,2,11-12H2,1H3,(H,22,23). The second-order valence-corrected chi connectivity index (χ2v) is 5.12. The highest BCUT2D eigenvalue weighted by atomic mass is 19.4. The summed E-state index contributed by atoms with van der Waals surface area (Å²) in [6.45, 7) is 2.62. The third kappa shape index (κ3) is 6.92.